The smallest absolute Gasteiger partial charge is 0.232 e. The van der Waals surface area contributed by atoms with Gasteiger partial charge in [0.15, 0.2) is 0 Å². The third-order valence-electron chi connectivity index (χ3n) is 2.48. The van der Waals surface area contributed by atoms with Crippen molar-refractivity contribution in [2.24, 2.45) is 0 Å². The molecule has 15 heavy (non-hydrogen) atoms. The molecule has 0 saturated carbocycles. The molecule has 1 aromatic rings. The van der Waals surface area contributed by atoms with Crippen molar-refractivity contribution in [3.8, 4) is 0 Å². The molecule has 1 saturated heterocycles. The molecule has 0 spiro atoms. The van der Waals surface area contributed by atoms with Crippen LogP contribution in [-0.2, 0) is 4.79 Å². The highest BCUT2D eigenvalue weighted by atomic mass is 32.2. The highest BCUT2D eigenvalue weighted by molar-refractivity contribution is 8.00. The number of thioether (sulfide) groups is 1. The van der Waals surface area contributed by atoms with Gasteiger partial charge in [0.05, 0.1) is 5.75 Å². The number of para-hydroxylation sites is 1. The van der Waals surface area contributed by atoms with Crippen LogP contribution in [0.3, 0.4) is 0 Å². The molecule has 0 unspecified atom stereocenters. The molecule has 0 atom stereocenters. The molecule has 1 aliphatic heterocycles. The van der Waals surface area contributed by atoms with Gasteiger partial charge in [-0.15, -0.1) is 11.8 Å². The maximum atomic E-state index is 11.6. The molecule has 4 heteroatoms. The highest BCUT2D eigenvalue weighted by Crippen LogP contribution is 2.24. The lowest BCUT2D eigenvalue weighted by atomic mass is 10.2. The predicted molar refractivity (Wildman–Crippen MR) is 62.8 cm³/mol. The second-order valence-corrected chi connectivity index (χ2v) is 4.58. The van der Waals surface area contributed by atoms with Crippen LogP contribution in [-0.4, -0.2) is 29.6 Å². The maximum absolute atomic E-state index is 11.6. The molecule has 0 bridgehead atoms. The van der Waals surface area contributed by atoms with E-state index >= 15 is 0 Å². The van der Waals surface area contributed by atoms with E-state index in [4.69, 9.17) is 5.73 Å². The summed E-state index contributed by atoms with van der Waals surface area (Å²) in [5.74, 6) is 0.711. The zero-order chi connectivity index (χ0) is 10.7. The second-order valence-electron chi connectivity index (χ2n) is 3.56. The van der Waals surface area contributed by atoms with Crippen molar-refractivity contribution >= 4 is 23.4 Å². The first-order valence-corrected chi connectivity index (χ1v) is 6.01. The molecule has 1 aromatic carbocycles. The Kier molecular flexibility index (Phi) is 3.16. The van der Waals surface area contributed by atoms with Gasteiger partial charge in [0.1, 0.15) is 0 Å². The van der Waals surface area contributed by atoms with Gasteiger partial charge in [-0.2, -0.15) is 0 Å². The van der Waals surface area contributed by atoms with E-state index in [0.717, 1.165) is 30.1 Å². The molecule has 1 fully saturated rings. The minimum atomic E-state index is 0.217. The van der Waals surface area contributed by atoms with Gasteiger partial charge in [0.25, 0.3) is 0 Å². The molecular weight excluding hydrogens is 208 g/mol. The molecule has 2 rings (SSSR count). The Labute approximate surface area is 93.6 Å². The number of carbonyl (C=O) groups excluding carboxylic acids is 1. The number of amides is 1. The van der Waals surface area contributed by atoms with Crippen LogP contribution in [0.5, 0.6) is 0 Å². The van der Waals surface area contributed by atoms with E-state index in [9.17, 15) is 4.79 Å². The topological polar surface area (TPSA) is 46.3 Å². The molecule has 3 nitrogen and oxygen atoms in total. The fraction of sp³-hybridized carbons (Fsp3) is 0.364. The summed E-state index contributed by atoms with van der Waals surface area (Å²) in [5.41, 5.74) is 6.53. The molecule has 1 heterocycles. The number of rotatable bonds is 3. The molecule has 1 amide bonds. The van der Waals surface area contributed by atoms with E-state index in [-0.39, 0.29) is 5.91 Å². The number of nitrogens with zero attached hydrogens (tertiary/aromatic N) is 1. The summed E-state index contributed by atoms with van der Waals surface area (Å²) in [6.07, 6.45) is 1.14. The fourth-order valence-corrected chi connectivity index (χ4v) is 2.28. The molecule has 1 aliphatic rings. The Morgan fingerprint density at radius 3 is 2.73 bits per heavy atom. The first kappa shape index (κ1) is 10.4. The number of nitrogen functional groups attached to an aromatic ring is 1. The van der Waals surface area contributed by atoms with E-state index in [1.54, 1.807) is 0 Å². The van der Waals surface area contributed by atoms with Crippen molar-refractivity contribution in [1.29, 1.82) is 0 Å². The summed E-state index contributed by atoms with van der Waals surface area (Å²) in [7, 11) is 0. The summed E-state index contributed by atoms with van der Waals surface area (Å²) in [6, 6.07) is 7.64. The van der Waals surface area contributed by atoms with E-state index in [1.807, 2.05) is 29.2 Å². The van der Waals surface area contributed by atoms with Crippen molar-refractivity contribution < 1.29 is 4.79 Å². The van der Waals surface area contributed by atoms with Crippen molar-refractivity contribution in [2.75, 3.05) is 24.6 Å². The largest absolute Gasteiger partial charge is 0.398 e. The summed E-state index contributed by atoms with van der Waals surface area (Å²) >= 11 is 1.52. The van der Waals surface area contributed by atoms with Crippen molar-refractivity contribution in [2.45, 2.75) is 11.3 Å². The van der Waals surface area contributed by atoms with Crippen LogP contribution in [0.4, 0.5) is 5.69 Å². The number of benzene rings is 1. The lowest BCUT2D eigenvalue weighted by Crippen LogP contribution is -2.43. The van der Waals surface area contributed by atoms with Crippen LogP contribution in [0, 0.1) is 0 Å². The first-order chi connectivity index (χ1) is 7.27. The first-order valence-electron chi connectivity index (χ1n) is 5.02. The third-order valence-corrected chi connectivity index (χ3v) is 3.55. The van der Waals surface area contributed by atoms with Crippen LogP contribution in [0.25, 0.3) is 0 Å². The molecule has 0 aromatic heterocycles. The van der Waals surface area contributed by atoms with Crippen LogP contribution in [0.1, 0.15) is 6.42 Å². The Morgan fingerprint density at radius 1 is 1.40 bits per heavy atom. The zero-order valence-electron chi connectivity index (χ0n) is 8.48. The summed E-state index contributed by atoms with van der Waals surface area (Å²) in [5, 5.41) is 0. The fourth-order valence-electron chi connectivity index (χ4n) is 1.41. The Hall–Kier alpha value is -1.16. The van der Waals surface area contributed by atoms with Gasteiger partial charge >= 0.3 is 0 Å². The van der Waals surface area contributed by atoms with Gasteiger partial charge in [-0.3, -0.25) is 4.79 Å². The zero-order valence-corrected chi connectivity index (χ0v) is 9.30. The number of carbonyl (C=O) groups is 1. The number of nitrogens with two attached hydrogens (primary N) is 1. The molecular formula is C11H14N2OS. The molecule has 0 aliphatic carbocycles. The Morgan fingerprint density at radius 2 is 2.13 bits per heavy atom. The van der Waals surface area contributed by atoms with Gasteiger partial charge < -0.3 is 10.6 Å². The quantitative estimate of drug-likeness (QED) is 0.624. The summed E-state index contributed by atoms with van der Waals surface area (Å²) < 4.78 is 0. The van der Waals surface area contributed by atoms with Gasteiger partial charge in [0.2, 0.25) is 5.91 Å². The van der Waals surface area contributed by atoms with Gasteiger partial charge in [0, 0.05) is 23.7 Å². The van der Waals surface area contributed by atoms with Crippen LogP contribution in [0.15, 0.2) is 29.2 Å². The lowest BCUT2D eigenvalue weighted by molar-refractivity contribution is -0.131. The normalized spacial score (nSPS) is 14.8. The number of anilines is 1. The van der Waals surface area contributed by atoms with Crippen molar-refractivity contribution in [1.82, 2.24) is 4.90 Å². The Balaban J connectivity index is 1.87. The van der Waals surface area contributed by atoms with Gasteiger partial charge in [-0.25, -0.2) is 0 Å². The van der Waals surface area contributed by atoms with E-state index in [2.05, 4.69) is 0 Å². The van der Waals surface area contributed by atoms with Crippen LogP contribution < -0.4 is 5.73 Å². The standard InChI is InChI=1S/C11H14N2OS/c12-9-4-1-2-5-10(9)15-8-11(14)13-6-3-7-13/h1-2,4-5H,3,6-8,12H2. The van der Waals surface area contributed by atoms with Gasteiger partial charge in [-0.05, 0) is 18.6 Å². The maximum Gasteiger partial charge on any atom is 0.232 e. The SMILES string of the molecule is Nc1ccccc1SCC(=O)N1CCC1. The van der Waals surface area contributed by atoms with Crippen molar-refractivity contribution in [3.63, 3.8) is 0 Å². The average molecular weight is 222 g/mol. The number of hydrogen-bond donors (Lipinski definition) is 1. The lowest BCUT2D eigenvalue weighted by Gasteiger charge is -2.30. The van der Waals surface area contributed by atoms with Crippen LogP contribution >= 0.6 is 11.8 Å². The highest BCUT2D eigenvalue weighted by Gasteiger charge is 2.19. The van der Waals surface area contributed by atoms with E-state index in [1.165, 1.54) is 11.8 Å². The van der Waals surface area contributed by atoms with Gasteiger partial charge in [-0.1, -0.05) is 12.1 Å². The average Bonchev–Trinajstić information content (AvgIpc) is 2.14. The van der Waals surface area contributed by atoms with E-state index < -0.39 is 0 Å². The second kappa shape index (κ2) is 4.57. The third kappa shape index (κ3) is 2.45. The minimum absolute atomic E-state index is 0.217. The Bertz CT molecular complexity index is 363. The van der Waals surface area contributed by atoms with Crippen molar-refractivity contribution in [3.05, 3.63) is 24.3 Å². The summed E-state index contributed by atoms with van der Waals surface area (Å²) in [4.78, 5) is 14.4. The number of likely N-dealkylation sites (tertiary alicyclic amines) is 1. The predicted octanol–water partition coefficient (Wildman–Crippen LogP) is 1.59. The minimum Gasteiger partial charge on any atom is -0.398 e. The molecule has 80 valence electrons. The van der Waals surface area contributed by atoms with E-state index in [0.29, 0.717) is 5.75 Å². The van der Waals surface area contributed by atoms with Crippen LogP contribution in [0.2, 0.25) is 0 Å². The molecule has 0 radical (unpaired) electrons. The molecule has 2 N–H and O–H groups in total. The summed E-state index contributed by atoms with van der Waals surface area (Å²) in [6.45, 7) is 1.84. The number of hydrogen-bond acceptors (Lipinski definition) is 3. The monoisotopic (exact) mass is 222 g/mol.